The van der Waals surface area contributed by atoms with Crippen molar-refractivity contribution < 1.29 is 0 Å². The van der Waals surface area contributed by atoms with Crippen molar-refractivity contribution in [2.24, 2.45) is 4.99 Å². The summed E-state index contributed by atoms with van der Waals surface area (Å²) in [5.41, 5.74) is 10.5. The minimum Gasteiger partial charge on any atom is -0.258 e. The molecule has 2 heterocycles. The number of nitrogens with zero attached hydrogens (tertiary/aromatic N) is 2. The largest absolute Gasteiger partial charge is 0.258 e. The van der Waals surface area contributed by atoms with Crippen molar-refractivity contribution in [3.8, 4) is 22.3 Å². The molecule has 1 aromatic heterocycles. The summed E-state index contributed by atoms with van der Waals surface area (Å²) in [6.45, 7) is 0. The number of pyridine rings is 1. The minimum atomic E-state index is -0.721. The van der Waals surface area contributed by atoms with Gasteiger partial charge in [-0.05, 0) is 89.5 Å². The number of benzene rings is 9. The van der Waals surface area contributed by atoms with Crippen LogP contribution in [0.15, 0.2) is 211 Å². The number of rotatable bonds is 5. The van der Waals surface area contributed by atoms with Crippen LogP contribution in [-0.2, 0) is 5.41 Å². The molecule has 10 aromatic rings. The third-order valence-electron chi connectivity index (χ3n) is 11.9. The first-order valence-electron chi connectivity index (χ1n) is 19.3. The molecule has 9 aromatic carbocycles. The standard InChI is InChI=1S/C54H36N2/c1-3-16-38(17-4-1)45-30-31-55-52-48(45)34-47(42-28-26-36-14-7-9-19-40(36)32-42)51-53(52)56-35-50(43-29-27-37-15-8-10-20-41(37)33-43)54(51,44-22-5-2-6-23-44)49-25-13-21-39-18-11-12-24-46(39)49/h1-35,50H. The van der Waals surface area contributed by atoms with Crippen LogP contribution in [0.5, 0.6) is 0 Å². The van der Waals surface area contributed by atoms with Gasteiger partial charge in [-0.25, -0.2) is 0 Å². The molecule has 2 unspecified atom stereocenters. The Labute approximate surface area is 326 Å². The molecule has 0 aliphatic carbocycles. The molecule has 0 N–H and O–H groups in total. The van der Waals surface area contributed by atoms with Crippen molar-refractivity contribution in [1.82, 2.24) is 4.98 Å². The van der Waals surface area contributed by atoms with Gasteiger partial charge in [0.2, 0.25) is 0 Å². The predicted molar refractivity (Wildman–Crippen MR) is 235 cm³/mol. The number of fused-ring (bicyclic) bond motifs is 6. The van der Waals surface area contributed by atoms with Gasteiger partial charge in [-0.1, -0.05) is 182 Å². The van der Waals surface area contributed by atoms with E-state index in [0.717, 1.165) is 38.8 Å². The molecule has 0 amide bonds. The van der Waals surface area contributed by atoms with Gasteiger partial charge in [0.15, 0.2) is 0 Å². The van der Waals surface area contributed by atoms with Crippen molar-refractivity contribution in [2.75, 3.05) is 0 Å². The second-order valence-electron chi connectivity index (χ2n) is 14.9. The molecule has 0 saturated heterocycles. The zero-order valence-corrected chi connectivity index (χ0v) is 30.7. The molecule has 2 atom stereocenters. The summed E-state index contributed by atoms with van der Waals surface area (Å²) in [6.07, 6.45) is 4.18. The Morgan fingerprint density at radius 3 is 1.86 bits per heavy atom. The van der Waals surface area contributed by atoms with Crippen molar-refractivity contribution >= 4 is 55.1 Å². The molecule has 2 heteroatoms. The highest BCUT2D eigenvalue weighted by atomic mass is 14.8. The molecule has 0 fully saturated rings. The zero-order chi connectivity index (χ0) is 37.1. The molecule has 1 aliphatic rings. The number of hydrogen-bond donors (Lipinski definition) is 0. The summed E-state index contributed by atoms with van der Waals surface area (Å²) < 4.78 is 0. The Balaban J connectivity index is 1.36. The van der Waals surface area contributed by atoms with E-state index in [1.54, 1.807) is 0 Å². The summed E-state index contributed by atoms with van der Waals surface area (Å²) in [5.74, 6) is -0.165. The van der Waals surface area contributed by atoms with E-state index >= 15 is 0 Å². The van der Waals surface area contributed by atoms with E-state index in [-0.39, 0.29) is 5.92 Å². The van der Waals surface area contributed by atoms with E-state index in [9.17, 15) is 0 Å². The fourth-order valence-electron chi connectivity index (χ4n) is 9.45. The van der Waals surface area contributed by atoms with Crippen LogP contribution in [0, 0.1) is 0 Å². The molecule has 0 saturated carbocycles. The second-order valence-corrected chi connectivity index (χ2v) is 14.9. The summed E-state index contributed by atoms with van der Waals surface area (Å²) >= 11 is 0. The first kappa shape index (κ1) is 32.3. The van der Waals surface area contributed by atoms with E-state index in [1.165, 1.54) is 54.6 Å². The molecule has 2 nitrogen and oxygen atoms in total. The highest BCUT2D eigenvalue weighted by Crippen LogP contribution is 2.60. The van der Waals surface area contributed by atoms with E-state index in [0.29, 0.717) is 0 Å². The maximum atomic E-state index is 5.58. The van der Waals surface area contributed by atoms with Gasteiger partial charge in [0.25, 0.3) is 0 Å². The quantitative estimate of drug-likeness (QED) is 0.174. The van der Waals surface area contributed by atoms with E-state index in [4.69, 9.17) is 9.98 Å². The van der Waals surface area contributed by atoms with Crippen molar-refractivity contribution in [2.45, 2.75) is 11.3 Å². The SMILES string of the molecule is C1=Nc2c(c(-c3ccc4ccccc4c3)cc3c(-c4ccccc4)ccnc23)C(c2ccccc2)(c2cccc3ccccc23)C1c1ccc2ccccc2c1. The normalized spacial score (nSPS) is 16.4. The van der Waals surface area contributed by atoms with Gasteiger partial charge >= 0.3 is 0 Å². The van der Waals surface area contributed by atoms with Gasteiger partial charge in [-0.2, -0.15) is 0 Å². The molecule has 0 bridgehead atoms. The zero-order valence-electron chi connectivity index (χ0n) is 30.7. The van der Waals surface area contributed by atoms with Crippen LogP contribution < -0.4 is 0 Å². The van der Waals surface area contributed by atoms with Gasteiger partial charge < -0.3 is 0 Å². The van der Waals surface area contributed by atoms with E-state index < -0.39 is 5.41 Å². The average molecular weight is 713 g/mol. The third kappa shape index (κ3) is 4.96. The van der Waals surface area contributed by atoms with Crippen molar-refractivity contribution in [3.63, 3.8) is 0 Å². The molecule has 56 heavy (non-hydrogen) atoms. The van der Waals surface area contributed by atoms with Crippen molar-refractivity contribution in [1.29, 1.82) is 0 Å². The van der Waals surface area contributed by atoms with Crippen LogP contribution in [0.4, 0.5) is 5.69 Å². The Morgan fingerprint density at radius 1 is 0.429 bits per heavy atom. The molecule has 0 radical (unpaired) electrons. The smallest absolute Gasteiger partial charge is 0.0968 e. The number of aromatic nitrogens is 1. The Hall–Kier alpha value is -7.16. The minimum absolute atomic E-state index is 0.165. The molecule has 262 valence electrons. The Morgan fingerprint density at radius 2 is 1.07 bits per heavy atom. The second kappa shape index (κ2) is 13.0. The van der Waals surface area contributed by atoms with Gasteiger partial charge in [-0.3, -0.25) is 9.98 Å². The summed E-state index contributed by atoms with van der Waals surface area (Å²) in [4.78, 5) is 10.8. The van der Waals surface area contributed by atoms with Crippen LogP contribution in [0.2, 0.25) is 0 Å². The Kier molecular flexibility index (Phi) is 7.50. The van der Waals surface area contributed by atoms with Gasteiger partial charge in [0.05, 0.1) is 16.6 Å². The van der Waals surface area contributed by atoms with Gasteiger partial charge in [0.1, 0.15) is 0 Å². The van der Waals surface area contributed by atoms with Crippen molar-refractivity contribution in [3.05, 3.63) is 229 Å². The van der Waals surface area contributed by atoms with Gasteiger partial charge in [0, 0.05) is 29.3 Å². The topological polar surface area (TPSA) is 25.2 Å². The summed E-state index contributed by atoms with van der Waals surface area (Å²) in [5, 5.41) is 8.37. The average Bonchev–Trinajstić information content (AvgIpc) is 3.28. The third-order valence-corrected chi connectivity index (χ3v) is 11.9. The fraction of sp³-hybridized carbons (Fsp3) is 0.0370. The first-order valence-corrected chi connectivity index (χ1v) is 19.3. The van der Waals surface area contributed by atoms with Crippen LogP contribution >= 0.6 is 0 Å². The molecule has 1 aliphatic heterocycles. The van der Waals surface area contributed by atoms with Crippen LogP contribution in [0.25, 0.3) is 65.5 Å². The number of hydrogen-bond acceptors (Lipinski definition) is 2. The predicted octanol–water partition coefficient (Wildman–Crippen LogP) is 13.9. The lowest BCUT2D eigenvalue weighted by molar-refractivity contribution is 0.580. The van der Waals surface area contributed by atoms with Crippen LogP contribution in [0.1, 0.15) is 28.2 Å². The maximum absolute atomic E-state index is 5.58. The summed E-state index contributed by atoms with van der Waals surface area (Å²) in [7, 11) is 0. The fourth-order valence-corrected chi connectivity index (χ4v) is 9.45. The lowest BCUT2D eigenvalue weighted by Crippen LogP contribution is -2.40. The van der Waals surface area contributed by atoms with Gasteiger partial charge in [-0.15, -0.1) is 0 Å². The van der Waals surface area contributed by atoms with Crippen LogP contribution in [0.3, 0.4) is 0 Å². The van der Waals surface area contributed by atoms with E-state index in [1.807, 2.05) is 6.20 Å². The Bertz CT molecular complexity index is 3140. The lowest BCUT2D eigenvalue weighted by Gasteiger charge is -2.46. The highest BCUT2D eigenvalue weighted by molar-refractivity contribution is 6.09. The number of aliphatic imine (C=N–C) groups is 1. The van der Waals surface area contributed by atoms with E-state index in [2.05, 4.69) is 206 Å². The lowest BCUT2D eigenvalue weighted by atomic mass is 9.56. The summed E-state index contributed by atoms with van der Waals surface area (Å²) in [6, 6.07) is 73.2. The molecular weight excluding hydrogens is 677 g/mol. The molecular formula is C54H36N2. The monoisotopic (exact) mass is 712 g/mol. The molecule has 11 rings (SSSR count). The maximum Gasteiger partial charge on any atom is 0.0968 e. The molecule has 0 spiro atoms. The highest BCUT2D eigenvalue weighted by Gasteiger charge is 2.50. The van der Waals surface area contributed by atoms with Crippen LogP contribution in [-0.4, -0.2) is 11.2 Å². The first-order chi connectivity index (χ1) is 27.8.